The number of benzene rings is 1. The highest BCUT2D eigenvalue weighted by atomic mass is 19.4. The van der Waals surface area contributed by atoms with Gasteiger partial charge in [-0.05, 0) is 31.6 Å². The summed E-state index contributed by atoms with van der Waals surface area (Å²) in [6.45, 7) is 7.08. The van der Waals surface area contributed by atoms with Gasteiger partial charge in [0.1, 0.15) is 0 Å². The zero-order chi connectivity index (χ0) is 14.7. The van der Waals surface area contributed by atoms with Crippen molar-refractivity contribution in [3.8, 4) is 0 Å². The van der Waals surface area contributed by atoms with E-state index in [2.05, 4.69) is 0 Å². The van der Waals surface area contributed by atoms with Crippen LogP contribution in [0, 0.1) is 0 Å². The zero-order valence-corrected chi connectivity index (χ0v) is 11.6. The van der Waals surface area contributed by atoms with E-state index in [1.807, 2.05) is 18.7 Å². The average Bonchev–Trinajstić information content (AvgIpc) is 2.28. The summed E-state index contributed by atoms with van der Waals surface area (Å²) in [6.07, 6.45) is -4.17. The normalized spacial score (nSPS) is 15.6. The standard InChI is InChI=1S/C14H21F3N2/c1-4-19(5-2)13(3,18)10-11-8-6-7-9-12(11)14(15,16)17/h6-9H,4-5,10,18H2,1-3H3. The quantitative estimate of drug-likeness (QED) is 0.835. The fourth-order valence-electron chi connectivity index (χ4n) is 2.39. The Labute approximate surface area is 112 Å². The van der Waals surface area contributed by atoms with Gasteiger partial charge in [-0.3, -0.25) is 4.90 Å². The van der Waals surface area contributed by atoms with E-state index in [-0.39, 0.29) is 12.0 Å². The van der Waals surface area contributed by atoms with E-state index in [9.17, 15) is 13.2 Å². The lowest BCUT2D eigenvalue weighted by Gasteiger charge is -2.37. The lowest BCUT2D eigenvalue weighted by molar-refractivity contribution is -0.138. The minimum absolute atomic E-state index is 0.171. The SMILES string of the molecule is CCN(CC)C(C)(N)Cc1ccccc1C(F)(F)F. The second kappa shape index (κ2) is 5.92. The van der Waals surface area contributed by atoms with E-state index in [1.165, 1.54) is 12.1 Å². The van der Waals surface area contributed by atoms with Crippen molar-refractivity contribution in [2.24, 2.45) is 5.73 Å². The lowest BCUT2D eigenvalue weighted by atomic mass is 9.95. The van der Waals surface area contributed by atoms with E-state index >= 15 is 0 Å². The van der Waals surface area contributed by atoms with Gasteiger partial charge in [0.25, 0.3) is 0 Å². The van der Waals surface area contributed by atoms with E-state index in [0.29, 0.717) is 13.1 Å². The van der Waals surface area contributed by atoms with Crippen LogP contribution in [0.4, 0.5) is 13.2 Å². The fraction of sp³-hybridized carbons (Fsp3) is 0.571. The predicted octanol–water partition coefficient (Wildman–Crippen LogP) is 3.26. The highest BCUT2D eigenvalue weighted by molar-refractivity contribution is 5.31. The Balaban J connectivity index is 3.06. The molecule has 1 unspecified atom stereocenters. The molecule has 0 aliphatic heterocycles. The number of rotatable bonds is 5. The zero-order valence-electron chi connectivity index (χ0n) is 11.6. The van der Waals surface area contributed by atoms with Gasteiger partial charge < -0.3 is 5.73 Å². The smallest absolute Gasteiger partial charge is 0.313 e. The highest BCUT2D eigenvalue weighted by Crippen LogP contribution is 2.33. The lowest BCUT2D eigenvalue weighted by Crippen LogP contribution is -2.55. The van der Waals surface area contributed by atoms with E-state index in [0.717, 1.165) is 6.07 Å². The molecule has 108 valence electrons. The van der Waals surface area contributed by atoms with Gasteiger partial charge >= 0.3 is 6.18 Å². The van der Waals surface area contributed by atoms with Crippen molar-refractivity contribution < 1.29 is 13.2 Å². The number of halogens is 3. The van der Waals surface area contributed by atoms with E-state index < -0.39 is 17.4 Å². The van der Waals surface area contributed by atoms with Crippen molar-refractivity contribution in [2.75, 3.05) is 13.1 Å². The Morgan fingerprint density at radius 1 is 1.11 bits per heavy atom. The Bertz CT molecular complexity index is 409. The molecule has 0 amide bonds. The van der Waals surface area contributed by atoms with Gasteiger partial charge in [0.15, 0.2) is 0 Å². The molecule has 1 aromatic carbocycles. The number of hydrogen-bond acceptors (Lipinski definition) is 2. The van der Waals surface area contributed by atoms with Crippen LogP contribution in [0.3, 0.4) is 0 Å². The second-order valence-corrected chi connectivity index (χ2v) is 4.86. The topological polar surface area (TPSA) is 29.3 Å². The molecular weight excluding hydrogens is 253 g/mol. The van der Waals surface area contributed by atoms with Crippen molar-refractivity contribution >= 4 is 0 Å². The summed E-state index contributed by atoms with van der Waals surface area (Å²) < 4.78 is 38.8. The second-order valence-electron chi connectivity index (χ2n) is 4.86. The molecule has 1 atom stereocenters. The molecular formula is C14H21F3N2. The summed E-state index contributed by atoms with van der Waals surface area (Å²) in [5.74, 6) is 0. The molecule has 0 saturated heterocycles. The van der Waals surface area contributed by atoms with Gasteiger partial charge in [-0.2, -0.15) is 13.2 Å². The molecule has 1 rings (SSSR count). The first kappa shape index (κ1) is 16.0. The summed E-state index contributed by atoms with van der Waals surface area (Å²) in [4.78, 5) is 1.96. The minimum atomic E-state index is -4.34. The van der Waals surface area contributed by atoms with Crippen molar-refractivity contribution in [3.63, 3.8) is 0 Å². The molecule has 0 aliphatic rings. The van der Waals surface area contributed by atoms with Crippen LogP contribution in [0.2, 0.25) is 0 Å². The number of nitrogens with two attached hydrogens (primary N) is 1. The van der Waals surface area contributed by atoms with Crippen LogP contribution < -0.4 is 5.73 Å². The van der Waals surface area contributed by atoms with Gasteiger partial charge in [-0.15, -0.1) is 0 Å². The highest BCUT2D eigenvalue weighted by Gasteiger charge is 2.35. The number of hydrogen-bond donors (Lipinski definition) is 1. The molecule has 0 saturated carbocycles. The van der Waals surface area contributed by atoms with Crippen LogP contribution in [-0.2, 0) is 12.6 Å². The maximum Gasteiger partial charge on any atom is 0.416 e. The average molecular weight is 274 g/mol. The molecule has 2 nitrogen and oxygen atoms in total. The summed E-state index contributed by atoms with van der Waals surface area (Å²) in [5.41, 5.74) is 5.04. The molecule has 19 heavy (non-hydrogen) atoms. The van der Waals surface area contributed by atoms with Crippen LogP contribution in [0.15, 0.2) is 24.3 Å². The van der Waals surface area contributed by atoms with Crippen molar-refractivity contribution in [2.45, 2.75) is 39.0 Å². The third kappa shape index (κ3) is 3.94. The monoisotopic (exact) mass is 274 g/mol. The summed E-state index contributed by atoms with van der Waals surface area (Å²) in [6, 6.07) is 5.62. The van der Waals surface area contributed by atoms with Gasteiger partial charge in [0.05, 0.1) is 11.2 Å². The Morgan fingerprint density at radius 2 is 1.63 bits per heavy atom. The molecule has 0 bridgehead atoms. The molecule has 2 N–H and O–H groups in total. The first-order chi connectivity index (χ1) is 8.72. The molecule has 0 spiro atoms. The maximum absolute atomic E-state index is 12.9. The van der Waals surface area contributed by atoms with Crippen LogP contribution in [0.25, 0.3) is 0 Å². The van der Waals surface area contributed by atoms with Gasteiger partial charge in [-0.1, -0.05) is 32.0 Å². The maximum atomic E-state index is 12.9. The van der Waals surface area contributed by atoms with Crippen LogP contribution in [-0.4, -0.2) is 23.7 Å². The number of alkyl halides is 3. The van der Waals surface area contributed by atoms with Crippen molar-refractivity contribution in [3.05, 3.63) is 35.4 Å². The van der Waals surface area contributed by atoms with Crippen LogP contribution in [0.5, 0.6) is 0 Å². The molecule has 0 fully saturated rings. The van der Waals surface area contributed by atoms with E-state index in [4.69, 9.17) is 5.73 Å². The summed E-state index contributed by atoms with van der Waals surface area (Å²) in [7, 11) is 0. The Morgan fingerprint density at radius 3 is 2.11 bits per heavy atom. The molecule has 0 radical (unpaired) electrons. The minimum Gasteiger partial charge on any atom is -0.313 e. The predicted molar refractivity (Wildman–Crippen MR) is 70.7 cm³/mol. The van der Waals surface area contributed by atoms with Crippen molar-refractivity contribution in [1.82, 2.24) is 4.90 Å². The third-order valence-corrected chi connectivity index (χ3v) is 3.36. The van der Waals surface area contributed by atoms with E-state index in [1.54, 1.807) is 13.0 Å². The van der Waals surface area contributed by atoms with Crippen molar-refractivity contribution in [1.29, 1.82) is 0 Å². The molecule has 1 aromatic rings. The summed E-state index contributed by atoms with van der Waals surface area (Å²) in [5, 5.41) is 0. The number of likely N-dealkylation sites (N-methyl/N-ethyl adjacent to an activating group) is 1. The Hall–Kier alpha value is -1.07. The first-order valence-electron chi connectivity index (χ1n) is 6.41. The molecule has 0 aromatic heterocycles. The molecule has 0 aliphatic carbocycles. The number of nitrogens with zero attached hydrogens (tertiary/aromatic N) is 1. The fourth-order valence-corrected chi connectivity index (χ4v) is 2.39. The van der Waals surface area contributed by atoms with Crippen LogP contribution >= 0.6 is 0 Å². The first-order valence-corrected chi connectivity index (χ1v) is 6.41. The Kier molecular flexibility index (Phi) is 4.98. The molecule has 5 heteroatoms. The molecule has 0 heterocycles. The summed E-state index contributed by atoms with van der Waals surface area (Å²) >= 11 is 0. The van der Waals surface area contributed by atoms with Gasteiger partial charge in [-0.25, -0.2) is 0 Å². The largest absolute Gasteiger partial charge is 0.416 e. The third-order valence-electron chi connectivity index (χ3n) is 3.36. The van der Waals surface area contributed by atoms with Gasteiger partial charge in [0.2, 0.25) is 0 Å². The van der Waals surface area contributed by atoms with Gasteiger partial charge in [0, 0.05) is 6.42 Å². The van der Waals surface area contributed by atoms with Crippen LogP contribution in [0.1, 0.15) is 31.9 Å².